The number of hydrogen-bond donors (Lipinski definition) is 1. The van der Waals surface area contributed by atoms with E-state index in [0.717, 1.165) is 23.1 Å². The van der Waals surface area contributed by atoms with Crippen LogP contribution in [0.15, 0.2) is 83.0 Å². The number of hydrogen-bond acceptors (Lipinski definition) is 5. The lowest BCUT2D eigenvalue weighted by Gasteiger charge is -2.35. The van der Waals surface area contributed by atoms with Crippen LogP contribution in [0, 0.1) is 5.82 Å². The van der Waals surface area contributed by atoms with E-state index < -0.39 is 6.04 Å². The Hall–Kier alpha value is -4.46. The van der Waals surface area contributed by atoms with Crippen molar-refractivity contribution in [1.29, 1.82) is 0 Å². The molecular weight excluding hydrogens is 471 g/mol. The topological polar surface area (TPSA) is 80.5 Å². The van der Waals surface area contributed by atoms with Gasteiger partial charge < -0.3 is 14.6 Å². The summed E-state index contributed by atoms with van der Waals surface area (Å²) < 4.78 is 24.6. The highest BCUT2D eigenvalue weighted by molar-refractivity contribution is 5.87. The minimum atomic E-state index is -0.539. The van der Waals surface area contributed by atoms with Gasteiger partial charge in [0.25, 0.3) is 5.89 Å². The molecule has 1 aliphatic rings. The minimum Gasteiger partial charge on any atom is -0.497 e. The zero-order valence-electron chi connectivity index (χ0n) is 20.9. The Balaban J connectivity index is 1.58. The van der Waals surface area contributed by atoms with E-state index in [1.807, 2.05) is 55.5 Å². The second-order valence-electron chi connectivity index (χ2n) is 8.84. The third-order valence-corrected chi connectivity index (χ3v) is 6.55. The highest BCUT2D eigenvalue weighted by Crippen LogP contribution is 2.38. The summed E-state index contributed by atoms with van der Waals surface area (Å²) in [6, 6.07) is 20.8. The number of nitrogens with zero attached hydrogens (tertiary/aromatic N) is 3. The molecule has 2 amide bonds. The Morgan fingerprint density at radius 1 is 1.05 bits per heavy atom. The maximum Gasteiger partial charge on any atom is 0.322 e. The molecule has 37 heavy (non-hydrogen) atoms. The van der Waals surface area contributed by atoms with Crippen LogP contribution in [0.2, 0.25) is 0 Å². The molecule has 4 aromatic rings. The molecule has 0 spiro atoms. The number of carbonyl (C=O) groups excluding carboxylic acids is 1. The SMILES string of the molecule is CCc1ccc(-c2noc(C3=C(C)N(Cc4ccc(F)cc4)C(=O)NC3c3cccc(OC)c3)n2)cc1. The number of carbonyl (C=O) groups is 1. The fourth-order valence-corrected chi connectivity index (χ4v) is 4.43. The van der Waals surface area contributed by atoms with E-state index in [9.17, 15) is 9.18 Å². The molecule has 0 bridgehead atoms. The van der Waals surface area contributed by atoms with Crippen molar-refractivity contribution in [3.8, 4) is 17.1 Å². The van der Waals surface area contributed by atoms with Crippen molar-refractivity contribution in [3.63, 3.8) is 0 Å². The number of nitrogens with one attached hydrogen (secondary N) is 1. The predicted molar refractivity (Wildman–Crippen MR) is 138 cm³/mol. The van der Waals surface area contributed by atoms with Crippen molar-refractivity contribution in [3.05, 3.63) is 107 Å². The molecule has 0 saturated heterocycles. The summed E-state index contributed by atoms with van der Waals surface area (Å²) in [5.41, 5.74) is 5.01. The number of urea groups is 1. The van der Waals surface area contributed by atoms with E-state index >= 15 is 0 Å². The number of benzene rings is 3. The van der Waals surface area contributed by atoms with Crippen molar-refractivity contribution < 1.29 is 18.4 Å². The maximum absolute atomic E-state index is 13.4. The lowest BCUT2D eigenvalue weighted by atomic mass is 9.94. The molecule has 0 aliphatic carbocycles. The molecule has 3 aromatic carbocycles. The van der Waals surface area contributed by atoms with Crippen LogP contribution in [0.3, 0.4) is 0 Å². The van der Waals surface area contributed by atoms with Crippen LogP contribution in [0.25, 0.3) is 17.0 Å². The van der Waals surface area contributed by atoms with Crippen LogP contribution in [0.4, 0.5) is 9.18 Å². The number of rotatable bonds is 7. The Kier molecular flexibility index (Phi) is 6.72. The minimum absolute atomic E-state index is 0.256. The number of halogens is 1. The van der Waals surface area contributed by atoms with E-state index in [-0.39, 0.29) is 18.4 Å². The molecular formula is C29H27FN4O3. The lowest BCUT2D eigenvalue weighted by molar-refractivity contribution is 0.203. The van der Waals surface area contributed by atoms with Crippen molar-refractivity contribution in [1.82, 2.24) is 20.4 Å². The molecule has 1 unspecified atom stereocenters. The Labute approximate surface area is 214 Å². The first kappa shape index (κ1) is 24.2. The van der Waals surface area contributed by atoms with Crippen molar-refractivity contribution in [2.45, 2.75) is 32.9 Å². The summed E-state index contributed by atoms with van der Waals surface area (Å²) in [6.07, 6.45) is 0.940. The van der Waals surface area contributed by atoms with Gasteiger partial charge in [0, 0.05) is 11.3 Å². The van der Waals surface area contributed by atoms with Crippen LogP contribution in [-0.4, -0.2) is 28.2 Å². The zero-order chi connectivity index (χ0) is 25.9. The van der Waals surface area contributed by atoms with Gasteiger partial charge in [0.05, 0.1) is 25.3 Å². The molecule has 7 nitrogen and oxygen atoms in total. The van der Waals surface area contributed by atoms with Gasteiger partial charge in [-0.2, -0.15) is 4.98 Å². The van der Waals surface area contributed by atoms with E-state index in [2.05, 4.69) is 17.4 Å². The quantitative estimate of drug-likeness (QED) is 0.331. The summed E-state index contributed by atoms with van der Waals surface area (Å²) in [7, 11) is 1.60. The third kappa shape index (κ3) is 4.95. The lowest BCUT2D eigenvalue weighted by Crippen LogP contribution is -2.45. The summed E-state index contributed by atoms with van der Waals surface area (Å²) in [5, 5.41) is 7.31. The molecule has 188 valence electrons. The van der Waals surface area contributed by atoms with E-state index in [1.165, 1.54) is 17.7 Å². The van der Waals surface area contributed by atoms with E-state index in [0.29, 0.717) is 28.7 Å². The largest absolute Gasteiger partial charge is 0.497 e. The molecule has 1 aliphatic heterocycles. The van der Waals surface area contributed by atoms with Gasteiger partial charge in [-0.05, 0) is 54.3 Å². The van der Waals surface area contributed by atoms with Gasteiger partial charge in [-0.3, -0.25) is 4.90 Å². The van der Waals surface area contributed by atoms with Gasteiger partial charge in [0.2, 0.25) is 5.82 Å². The third-order valence-electron chi connectivity index (χ3n) is 6.55. The number of amides is 2. The van der Waals surface area contributed by atoms with Crippen LogP contribution in [0.1, 0.15) is 42.5 Å². The molecule has 2 heterocycles. The number of aromatic nitrogens is 2. The average molecular weight is 499 g/mol. The normalized spacial score (nSPS) is 15.6. The van der Waals surface area contributed by atoms with Crippen molar-refractivity contribution in [2.24, 2.45) is 0 Å². The molecule has 5 rings (SSSR count). The Morgan fingerprint density at radius 3 is 2.49 bits per heavy atom. The van der Waals surface area contributed by atoms with Crippen LogP contribution in [0.5, 0.6) is 5.75 Å². The molecule has 1 N–H and O–H groups in total. The first-order valence-corrected chi connectivity index (χ1v) is 12.1. The Morgan fingerprint density at radius 2 is 1.78 bits per heavy atom. The molecule has 0 fully saturated rings. The maximum atomic E-state index is 13.4. The predicted octanol–water partition coefficient (Wildman–Crippen LogP) is 6.14. The van der Waals surface area contributed by atoms with E-state index in [1.54, 1.807) is 24.1 Å². The van der Waals surface area contributed by atoms with Gasteiger partial charge >= 0.3 is 6.03 Å². The number of allylic oxidation sites excluding steroid dienone is 1. The molecule has 1 atom stereocenters. The second-order valence-corrected chi connectivity index (χ2v) is 8.84. The van der Waals surface area contributed by atoms with Crippen LogP contribution in [-0.2, 0) is 13.0 Å². The number of ether oxygens (including phenoxy) is 1. The summed E-state index contributed by atoms with van der Waals surface area (Å²) in [4.78, 5) is 19.6. The van der Waals surface area contributed by atoms with Gasteiger partial charge in [-0.15, -0.1) is 0 Å². The highest BCUT2D eigenvalue weighted by Gasteiger charge is 2.36. The smallest absolute Gasteiger partial charge is 0.322 e. The molecule has 0 radical (unpaired) electrons. The molecule has 8 heteroatoms. The van der Waals surface area contributed by atoms with Gasteiger partial charge in [-0.25, -0.2) is 9.18 Å². The van der Waals surface area contributed by atoms with Crippen LogP contribution < -0.4 is 10.1 Å². The van der Waals surface area contributed by atoms with Gasteiger partial charge in [0.15, 0.2) is 0 Å². The highest BCUT2D eigenvalue weighted by atomic mass is 19.1. The summed E-state index contributed by atoms with van der Waals surface area (Å²) in [5.74, 6) is 1.11. The first-order chi connectivity index (χ1) is 18.0. The van der Waals surface area contributed by atoms with Crippen molar-refractivity contribution in [2.75, 3.05) is 7.11 Å². The van der Waals surface area contributed by atoms with Crippen LogP contribution >= 0.6 is 0 Å². The Bertz CT molecular complexity index is 1440. The molecule has 0 saturated carbocycles. The van der Waals surface area contributed by atoms with Crippen molar-refractivity contribution >= 4 is 11.6 Å². The average Bonchev–Trinajstić information content (AvgIpc) is 3.41. The van der Waals surface area contributed by atoms with E-state index in [4.69, 9.17) is 14.2 Å². The fraction of sp³-hybridized carbons (Fsp3) is 0.207. The standard InChI is InChI=1S/C29H27FN4O3/c1-4-19-8-12-21(13-9-19)27-32-28(37-33-27)25-18(2)34(17-20-10-14-23(30)15-11-20)29(35)31-26(25)22-6-5-7-24(16-22)36-3/h5-16,26H,4,17H2,1-3H3,(H,31,35). The summed E-state index contributed by atoms with van der Waals surface area (Å²) in [6.45, 7) is 4.21. The molecule has 1 aromatic heterocycles. The number of aryl methyl sites for hydroxylation is 1. The van der Waals surface area contributed by atoms with Gasteiger partial charge in [0.1, 0.15) is 11.6 Å². The van der Waals surface area contributed by atoms with Gasteiger partial charge in [-0.1, -0.05) is 60.6 Å². The summed E-state index contributed by atoms with van der Waals surface area (Å²) >= 11 is 0. The zero-order valence-corrected chi connectivity index (χ0v) is 20.9. The fourth-order valence-electron chi connectivity index (χ4n) is 4.43. The second kappa shape index (κ2) is 10.3. The monoisotopic (exact) mass is 498 g/mol. The first-order valence-electron chi connectivity index (χ1n) is 12.1. The number of methoxy groups -OCH3 is 1.